The lowest BCUT2D eigenvalue weighted by Gasteiger charge is -2.32. The maximum atomic E-state index is 12.6. The number of rotatable bonds is 5. The molecule has 14 heteroatoms. The Labute approximate surface area is 155 Å². The average Bonchev–Trinajstić information content (AvgIpc) is 2.85. The first-order valence-corrected chi connectivity index (χ1v) is 9.72. The highest BCUT2D eigenvalue weighted by Crippen LogP contribution is 2.31. The van der Waals surface area contributed by atoms with Gasteiger partial charge in [0.25, 0.3) is 11.8 Å². The zero-order valence-corrected chi connectivity index (χ0v) is 15.2. The van der Waals surface area contributed by atoms with Crippen LogP contribution in [-0.2, 0) is 29.0 Å². The number of hydrogen-bond donors (Lipinski definition) is 2. The fourth-order valence-corrected chi connectivity index (χ4v) is 3.79. The number of nitrogens with two attached hydrogens (primary N) is 1. The molecule has 3 fully saturated rings. The zero-order chi connectivity index (χ0) is 19.8. The highest BCUT2D eigenvalue weighted by atomic mass is 32.3. The summed E-state index contributed by atoms with van der Waals surface area (Å²) < 4.78 is 40.1. The molecule has 0 aliphatic carbocycles. The van der Waals surface area contributed by atoms with Crippen molar-refractivity contribution in [2.45, 2.75) is 24.9 Å². The lowest BCUT2D eigenvalue weighted by atomic mass is 10.00. The van der Waals surface area contributed by atoms with Gasteiger partial charge in [-0.3, -0.25) is 19.0 Å². The molecule has 0 unspecified atom stereocenters. The number of amides is 4. The molecule has 2 atom stereocenters. The minimum Gasteiger partial charge on any atom is -0.379 e. The van der Waals surface area contributed by atoms with E-state index in [9.17, 15) is 22.8 Å². The van der Waals surface area contributed by atoms with Crippen LogP contribution in [-0.4, -0.2) is 102 Å². The van der Waals surface area contributed by atoms with E-state index in [0.29, 0.717) is 36.4 Å². The number of imide groups is 1. The number of hydroxylamine groups is 2. The Balaban J connectivity index is 1.63. The summed E-state index contributed by atoms with van der Waals surface area (Å²) in [5, 5.41) is 1.03. The summed E-state index contributed by atoms with van der Waals surface area (Å²) in [7, 11) is -4.87. The van der Waals surface area contributed by atoms with Gasteiger partial charge in [-0.25, -0.2) is 15.6 Å². The van der Waals surface area contributed by atoms with Gasteiger partial charge in [-0.15, -0.1) is 4.28 Å². The van der Waals surface area contributed by atoms with Gasteiger partial charge in [0.05, 0.1) is 25.8 Å². The summed E-state index contributed by atoms with van der Waals surface area (Å²) in [6.45, 7) is 2.05. The molecule has 0 aromatic carbocycles. The summed E-state index contributed by atoms with van der Waals surface area (Å²) in [5.74, 6) is 4.31. The Hall–Kier alpha value is -1.84. The van der Waals surface area contributed by atoms with E-state index in [1.807, 2.05) is 0 Å². The molecule has 27 heavy (non-hydrogen) atoms. The molecule has 0 radical (unpaired) electrons. The monoisotopic (exact) mass is 407 g/mol. The molecule has 0 aromatic heterocycles. The Kier molecular flexibility index (Phi) is 5.64. The molecule has 3 aliphatic rings. The van der Waals surface area contributed by atoms with Gasteiger partial charge in [-0.1, -0.05) is 0 Å². The van der Waals surface area contributed by atoms with Gasteiger partial charge in [0.2, 0.25) is 0 Å². The molecule has 0 spiro atoms. The van der Waals surface area contributed by atoms with Crippen molar-refractivity contribution in [3.05, 3.63) is 0 Å². The summed E-state index contributed by atoms with van der Waals surface area (Å²) in [5.41, 5.74) is 0. The van der Waals surface area contributed by atoms with Crippen LogP contribution < -0.4 is 5.84 Å². The van der Waals surface area contributed by atoms with Crippen molar-refractivity contribution in [1.29, 1.82) is 0 Å². The Morgan fingerprint density at radius 2 is 1.96 bits per heavy atom. The normalized spacial score (nSPS) is 26.4. The summed E-state index contributed by atoms with van der Waals surface area (Å²) >= 11 is 0. The van der Waals surface area contributed by atoms with Crippen LogP contribution in [0.5, 0.6) is 0 Å². The summed E-state index contributed by atoms with van der Waals surface area (Å²) in [6.07, 6.45) is 0.429. The molecule has 3 heterocycles. The van der Waals surface area contributed by atoms with E-state index in [1.54, 1.807) is 4.90 Å². The van der Waals surface area contributed by atoms with E-state index < -0.39 is 40.3 Å². The largest absolute Gasteiger partial charge is 0.418 e. The highest BCUT2D eigenvalue weighted by molar-refractivity contribution is 7.80. The number of carbonyl (C=O) groups is 3. The SMILES string of the molecule is NN(C(=O)CN1CCOCC1)C(=O)[C@@H]1CC[C@@H]2CN1C(=O)N2OS(=O)(=O)O. The lowest BCUT2D eigenvalue weighted by molar-refractivity contribution is -0.149. The van der Waals surface area contributed by atoms with Crippen molar-refractivity contribution in [1.82, 2.24) is 19.9 Å². The van der Waals surface area contributed by atoms with Crippen LogP contribution in [0.2, 0.25) is 0 Å². The van der Waals surface area contributed by atoms with Crippen LogP contribution in [0.4, 0.5) is 4.79 Å². The number of carbonyl (C=O) groups excluding carboxylic acids is 3. The molecular formula is C13H21N5O8S. The van der Waals surface area contributed by atoms with E-state index in [0.717, 1.165) is 4.90 Å². The number of morpholine rings is 1. The minimum absolute atomic E-state index is 0.0241. The molecule has 3 saturated heterocycles. The average molecular weight is 407 g/mol. The Morgan fingerprint density at radius 3 is 2.59 bits per heavy atom. The number of hydrazine groups is 1. The van der Waals surface area contributed by atoms with E-state index in [4.69, 9.17) is 15.1 Å². The van der Waals surface area contributed by atoms with Crippen LogP contribution in [0.1, 0.15) is 12.8 Å². The van der Waals surface area contributed by atoms with Crippen LogP contribution >= 0.6 is 0 Å². The van der Waals surface area contributed by atoms with Crippen LogP contribution in [0.25, 0.3) is 0 Å². The third-order valence-corrected chi connectivity index (χ3v) is 5.10. The van der Waals surface area contributed by atoms with Gasteiger partial charge in [0, 0.05) is 19.6 Å². The third kappa shape index (κ3) is 4.36. The number of urea groups is 1. The second-order valence-corrected chi connectivity index (χ2v) is 7.51. The second-order valence-electron chi connectivity index (χ2n) is 6.50. The van der Waals surface area contributed by atoms with Crippen molar-refractivity contribution >= 4 is 28.2 Å². The zero-order valence-electron chi connectivity index (χ0n) is 14.4. The Morgan fingerprint density at radius 1 is 1.30 bits per heavy atom. The number of piperidine rings is 1. The third-order valence-electron chi connectivity index (χ3n) is 4.75. The first-order valence-electron chi connectivity index (χ1n) is 8.36. The molecule has 3 N–H and O–H groups in total. The molecule has 4 amide bonds. The summed E-state index contributed by atoms with van der Waals surface area (Å²) in [4.78, 5) is 40.1. The predicted molar refractivity (Wildman–Crippen MR) is 86.7 cm³/mol. The van der Waals surface area contributed by atoms with Gasteiger partial charge in [0.1, 0.15) is 6.04 Å². The lowest BCUT2D eigenvalue weighted by Crippen LogP contribution is -2.57. The van der Waals surface area contributed by atoms with Crippen molar-refractivity contribution in [3.63, 3.8) is 0 Å². The van der Waals surface area contributed by atoms with Gasteiger partial charge < -0.3 is 9.64 Å². The fourth-order valence-electron chi connectivity index (χ4n) is 3.40. The molecule has 0 aromatic rings. The molecule has 3 rings (SSSR count). The van der Waals surface area contributed by atoms with Crippen molar-refractivity contribution in [3.8, 4) is 0 Å². The molecular weight excluding hydrogens is 386 g/mol. The second kappa shape index (κ2) is 7.65. The predicted octanol–water partition coefficient (Wildman–Crippen LogP) is -2.45. The maximum Gasteiger partial charge on any atom is 0.418 e. The quantitative estimate of drug-likeness (QED) is 0.216. The van der Waals surface area contributed by atoms with Crippen LogP contribution in [0, 0.1) is 0 Å². The first-order chi connectivity index (χ1) is 12.7. The molecule has 152 valence electrons. The van der Waals surface area contributed by atoms with Crippen molar-refractivity contribution in [2.75, 3.05) is 39.4 Å². The van der Waals surface area contributed by atoms with Crippen molar-refractivity contribution < 1.29 is 36.4 Å². The number of fused-ring (bicyclic) bond motifs is 2. The maximum absolute atomic E-state index is 12.6. The molecule has 0 saturated carbocycles. The first kappa shape index (κ1) is 19.9. The van der Waals surface area contributed by atoms with E-state index >= 15 is 0 Å². The van der Waals surface area contributed by atoms with Gasteiger partial charge in [-0.05, 0) is 12.8 Å². The summed E-state index contributed by atoms with van der Waals surface area (Å²) in [6, 6.07) is -2.52. The Bertz CT molecular complexity index is 724. The minimum atomic E-state index is -4.87. The van der Waals surface area contributed by atoms with Gasteiger partial charge >= 0.3 is 16.4 Å². The van der Waals surface area contributed by atoms with Crippen LogP contribution in [0.3, 0.4) is 0 Å². The smallest absolute Gasteiger partial charge is 0.379 e. The standard InChI is InChI=1S/C13H21N5O8S/c14-17(11(19)8-15-3-5-25-6-4-15)12(20)10-2-1-9-7-16(10)13(21)18(9)26-27(22,23)24/h9-10H,1-8,14H2,(H,22,23,24)/t9-,10+/m1/s1. The fraction of sp³-hybridized carbons (Fsp3) is 0.769. The number of ether oxygens (including phenoxy) is 1. The van der Waals surface area contributed by atoms with E-state index in [-0.39, 0.29) is 25.9 Å². The van der Waals surface area contributed by atoms with Crippen LogP contribution in [0.15, 0.2) is 0 Å². The molecule has 13 nitrogen and oxygen atoms in total. The van der Waals surface area contributed by atoms with E-state index in [2.05, 4.69) is 4.28 Å². The highest BCUT2D eigenvalue weighted by Gasteiger charge is 2.50. The van der Waals surface area contributed by atoms with Crippen molar-refractivity contribution in [2.24, 2.45) is 5.84 Å². The van der Waals surface area contributed by atoms with Gasteiger partial charge in [-0.2, -0.15) is 13.5 Å². The van der Waals surface area contributed by atoms with Gasteiger partial charge in [0.15, 0.2) is 0 Å². The topological polar surface area (TPSA) is 163 Å². The molecule has 2 bridgehead atoms. The number of hydrogen-bond acceptors (Lipinski definition) is 9. The van der Waals surface area contributed by atoms with E-state index in [1.165, 1.54) is 0 Å². The molecule has 3 aliphatic heterocycles. The number of nitrogens with zero attached hydrogens (tertiary/aromatic N) is 4.